The van der Waals surface area contributed by atoms with Crippen LogP contribution in [0.1, 0.15) is 37.8 Å². The highest BCUT2D eigenvalue weighted by molar-refractivity contribution is 7.92. The number of alkyl halides is 3. The van der Waals surface area contributed by atoms with E-state index in [0.717, 1.165) is 31.2 Å². The molecule has 1 N–H and O–H groups in total. The van der Waals surface area contributed by atoms with E-state index in [4.69, 9.17) is 4.74 Å². The van der Waals surface area contributed by atoms with Crippen molar-refractivity contribution in [3.05, 3.63) is 59.7 Å². The largest absolute Gasteiger partial charge is 0.497 e. The number of anilines is 1. The second-order valence-electron chi connectivity index (χ2n) is 8.51. The van der Waals surface area contributed by atoms with Gasteiger partial charge in [0.1, 0.15) is 18.3 Å². The summed E-state index contributed by atoms with van der Waals surface area (Å²) < 4.78 is 70.5. The molecule has 37 heavy (non-hydrogen) atoms. The number of hydrogen-bond acceptors (Lipinski definition) is 5. The Morgan fingerprint density at radius 3 is 2.30 bits per heavy atom. The second kappa shape index (κ2) is 12.8. The number of hydrogen-bond donors (Lipinski definition) is 1. The van der Waals surface area contributed by atoms with Crippen LogP contribution in [-0.4, -0.2) is 57.6 Å². The number of halogens is 3. The Morgan fingerprint density at radius 2 is 1.76 bits per heavy atom. The molecule has 2 aromatic rings. The van der Waals surface area contributed by atoms with Gasteiger partial charge in [0.05, 0.1) is 24.6 Å². The number of nitrogens with one attached hydrogen (secondary N) is 1. The quantitative estimate of drug-likeness (QED) is 0.411. The lowest BCUT2D eigenvalue weighted by molar-refractivity contribution is -0.139. The lowest BCUT2D eigenvalue weighted by atomic mass is 10.1. The van der Waals surface area contributed by atoms with Gasteiger partial charge < -0.3 is 15.0 Å². The lowest BCUT2D eigenvalue weighted by Gasteiger charge is -2.31. The van der Waals surface area contributed by atoms with Crippen molar-refractivity contribution in [2.75, 3.05) is 30.8 Å². The molecule has 2 amide bonds. The van der Waals surface area contributed by atoms with Crippen molar-refractivity contribution in [2.24, 2.45) is 0 Å². The number of benzene rings is 2. The molecule has 204 valence electrons. The summed E-state index contributed by atoms with van der Waals surface area (Å²) in [5, 5.41) is 2.75. The van der Waals surface area contributed by atoms with Crippen molar-refractivity contribution >= 4 is 27.5 Å². The number of sulfonamides is 1. The molecule has 0 aromatic heterocycles. The molecule has 0 spiro atoms. The Labute approximate surface area is 215 Å². The zero-order chi connectivity index (χ0) is 27.8. The van der Waals surface area contributed by atoms with Gasteiger partial charge in [-0.3, -0.25) is 13.9 Å². The van der Waals surface area contributed by atoms with Crippen LogP contribution < -0.4 is 14.4 Å². The average molecular weight is 544 g/mol. The average Bonchev–Trinajstić information content (AvgIpc) is 2.84. The van der Waals surface area contributed by atoms with Gasteiger partial charge in [-0.15, -0.1) is 0 Å². The molecular weight excluding hydrogens is 511 g/mol. The smallest absolute Gasteiger partial charge is 0.416 e. The van der Waals surface area contributed by atoms with Crippen LogP contribution in [0.4, 0.5) is 18.9 Å². The van der Waals surface area contributed by atoms with Crippen molar-refractivity contribution in [1.29, 1.82) is 0 Å². The van der Waals surface area contributed by atoms with Crippen molar-refractivity contribution in [1.82, 2.24) is 10.2 Å². The Hall–Kier alpha value is -3.28. The van der Waals surface area contributed by atoms with Crippen LogP contribution in [0.15, 0.2) is 48.5 Å². The Morgan fingerprint density at radius 1 is 1.11 bits per heavy atom. The molecule has 0 saturated carbocycles. The van der Waals surface area contributed by atoms with E-state index in [2.05, 4.69) is 5.32 Å². The second-order valence-corrected chi connectivity index (χ2v) is 10.4. The summed E-state index contributed by atoms with van der Waals surface area (Å²) in [5.74, 6) is -0.600. The highest BCUT2D eigenvalue weighted by Gasteiger charge is 2.33. The number of carbonyl (C=O) groups excluding carboxylic acids is 2. The van der Waals surface area contributed by atoms with E-state index in [0.29, 0.717) is 28.2 Å². The molecule has 0 fully saturated rings. The third kappa shape index (κ3) is 8.66. The maximum Gasteiger partial charge on any atom is 0.416 e. The molecule has 0 aliphatic heterocycles. The molecular formula is C25H32F3N3O5S. The molecule has 0 unspecified atom stereocenters. The minimum Gasteiger partial charge on any atom is -0.497 e. The number of amides is 2. The number of methoxy groups -OCH3 is 1. The van der Waals surface area contributed by atoms with Gasteiger partial charge in [-0.25, -0.2) is 8.42 Å². The predicted molar refractivity (Wildman–Crippen MR) is 135 cm³/mol. The highest BCUT2D eigenvalue weighted by Crippen LogP contribution is 2.32. The van der Waals surface area contributed by atoms with Crippen molar-refractivity contribution in [3.63, 3.8) is 0 Å². The monoisotopic (exact) mass is 543 g/mol. The van der Waals surface area contributed by atoms with E-state index >= 15 is 0 Å². The van der Waals surface area contributed by atoms with Crippen molar-refractivity contribution < 1.29 is 35.9 Å². The number of carbonyl (C=O) groups is 2. The molecule has 0 bridgehead atoms. The Kier molecular flexibility index (Phi) is 10.4. The fraction of sp³-hybridized carbons (Fsp3) is 0.440. The fourth-order valence-corrected chi connectivity index (χ4v) is 4.34. The molecule has 0 aliphatic carbocycles. The van der Waals surface area contributed by atoms with Crippen LogP contribution in [-0.2, 0) is 32.3 Å². The summed E-state index contributed by atoms with van der Waals surface area (Å²) in [7, 11) is -2.65. The number of ether oxygens (including phenoxy) is 1. The van der Waals surface area contributed by atoms with Crippen LogP contribution >= 0.6 is 0 Å². The zero-order valence-electron chi connectivity index (χ0n) is 21.2. The summed E-state index contributed by atoms with van der Waals surface area (Å²) in [5.41, 5.74) is -0.715. The standard InChI is InChI=1S/C25H32F3N3O5S/c1-5-6-14-29-24(33)18(2)30(16-19-10-12-22(36-3)13-11-19)23(32)17-31(37(4,34)35)21-9-7-8-20(15-21)25(26,27)28/h7-13,15,18H,5-6,14,16-17H2,1-4H3,(H,29,33)/t18-/m0/s1. The summed E-state index contributed by atoms with van der Waals surface area (Å²) in [4.78, 5) is 27.4. The first-order valence-electron chi connectivity index (χ1n) is 11.6. The van der Waals surface area contributed by atoms with E-state index in [9.17, 15) is 31.2 Å². The molecule has 0 saturated heterocycles. The third-order valence-electron chi connectivity index (χ3n) is 5.65. The van der Waals surface area contributed by atoms with Crippen LogP contribution in [0.2, 0.25) is 0 Å². The van der Waals surface area contributed by atoms with Crippen LogP contribution in [0, 0.1) is 0 Å². The minimum atomic E-state index is -4.70. The summed E-state index contributed by atoms with van der Waals surface area (Å²) in [6.07, 6.45) is -2.31. The first-order chi connectivity index (χ1) is 17.3. The van der Waals surface area contributed by atoms with Gasteiger partial charge in [0, 0.05) is 13.1 Å². The molecule has 0 radical (unpaired) electrons. The summed E-state index contributed by atoms with van der Waals surface area (Å²) in [6, 6.07) is 9.50. The first-order valence-corrected chi connectivity index (χ1v) is 13.5. The molecule has 0 aliphatic rings. The molecule has 2 rings (SSSR count). The van der Waals surface area contributed by atoms with E-state index in [-0.39, 0.29) is 12.2 Å². The summed E-state index contributed by atoms with van der Waals surface area (Å²) >= 11 is 0. The maximum absolute atomic E-state index is 13.5. The molecule has 0 heterocycles. The highest BCUT2D eigenvalue weighted by atomic mass is 32.2. The van der Waals surface area contributed by atoms with E-state index in [1.54, 1.807) is 24.3 Å². The van der Waals surface area contributed by atoms with E-state index in [1.165, 1.54) is 25.0 Å². The van der Waals surface area contributed by atoms with Gasteiger partial charge in [-0.1, -0.05) is 31.5 Å². The van der Waals surface area contributed by atoms with Crippen molar-refractivity contribution in [2.45, 2.75) is 45.5 Å². The van der Waals surface area contributed by atoms with Gasteiger partial charge in [0.2, 0.25) is 21.8 Å². The molecule has 1 atom stereocenters. The lowest BCUT2D eigenvalue weighted by Crippen LogP contribution is -2.51. The molecule has 2 aromatic carbocycles. The van der Waals surface area contributed by atoms with E-state index < -0.39 is 46.2 Å². The Balaban J connectivity index is 2.40. The SMILES string of the molecule is CCCCNC(=O)[C@H](C)N(Cc1ccc(OC)cc1)C(=O)CN(c1cccc(C(F)(F)F)c1)S(C)(=O)=O. The Bertz CT molecular complexity index is 1170. The van der Waals surface area contributed by atoms with Crippen LogP contribution in [0.3, 0.4) is 0 Å². The van der Waals surface area contributed by atoms with Gasteiger partial charge >= 0.3 is 6.18 Å². The number of nitrogens with zero attached hydrogens (tertiary/aromatic N) is 2. The van der Waals surface area contributed by atoms with Gasteiger partial charge in [-0.2, -0.15) is 13.2 Å². The first kappa shape index (κ1) is 29.9. The maximum atomic E-state index is 13.5. The predicted octanol–water partition coefficient (Wildman–Crippen LogP) is 3.81. The molecule has 12 heteroatoms. The topological polar surface area (TPSA) is 96.0 Å². The third-order valence-corrected chi connectivity index (χ3v) is 6.79. The summed E-state index contributed by atoms with van der Waals surface area (Å²) in [6.45, 7) is 3.05. The van der Waals surface area contributed by atoms with Crippen molar-refractivity contribution in [3.8, 4) is 5.75 Å². The number of rotatable bonds is 12. The van der Waals surface area contributed by atoms with Gasteiger partial charge in [0.15, 0.2) is 0 Å². The zero-order valence-corrected chi connectivity index (χ0v) is 22.0. The van der Waals surface area contributed by atoms with E-state index in [1.807, 2.05) is 6.92 Å². The number of unbranched alkanes of at least 4 members (excludes halogenated alkanes) is 1. The minimum absolute atomic E-state index is 0.0363. The molecule has 8 nitrogen and oxygen atoms in total. The van der Waals surface area contributed by atoms with Gasteiger partial charge in [0.25, 0.3) is 0 Å². The fourth-order valence-electron chi connectivity index (χ4n) is 3.50. The van der Waals surface area contributed by atoms with Crippen LogP contribution in [0.5, 0.6) is 5.75 Å². The van der Waals surface area contributed by atoms with Crippen LogP contribution in [0.25, 0.3) is 0 Å². The van der Waals surface area contributed by atoms with Gasteiger partial charge in [-0.05, 0) is 49.2 Å². The normalized spacial score (nSPS) is 12.5.